The first-order chi connectivity index (χ1) is 15.4. The lowest BCUT2D eigenvalue weighted by Gasteiger charge is -2.16. The number of nitrogens with zero attached hydrogens (tertiary/aromatic N) is 3. The fraction of sp³-hybridized carbons (Fsp3) is 0.533. The Kier molecular flexibility index (Phi) is 6.95. The first-order valence-electron chi connectivity index (χ1n) is 9.32. The van der Waals surface area contributed by atoms with Crippen molar-refractivity contribution in [3.8, 4) is 0 Å². The molecule has 1 amide bonds. The molecule has 1 aliphatic heterocycles. The van der Waals surface area contributed by atoms with Gasteiger partial charge in [-0.15, -0.1) is 0 Å². The fourth-order valence-corrected chi connectivity index (χ4v) is 3.79. The summed E-state index contributed by atoms with van der Waals surface area (Å²) in [6.07, 6.45) is -5.58. The van der Waals surface area contributed by atoms with Crippen LogP contribution in [-0.2, 0) is 28.8 Å². The minimum atomic E-state index is -4.70. The number of aliphatic carboxylic acids is 1. The number of rotatable bonds is 9. The van der Waals surface area contributed by atoms with Crippen molar-refractivity contribution < 1.29 is 42.2 Å². The fourth-order valence-electron chi connectivity index (χ4n) is 3.02. The van der Waals surface area contributed by atoms with E-state index in [0.717, 1.165) is 10.9 Å². The minimum Gasteiger partial charge on any atom is -0.481 e. The lowest BCUT2D eigenvalue weighted by atomic mass is 10.1. The van der Waals surface area contributed by atoms with E-state index < -0.39 is 71.3 Å². The van der Waals surface area contributed by atoms with Gasteiger partial charge in [-0.05, 0) is 6.42 Å². The van der Waals surface area contributed by atoms with Crippen molar-refractivity contribution in [2.45, 2.75) is 43.4 Å². The molecule has 0 saturated carbocycles. The predicted octanol–water partition coefficient (Wildman–Crippen LogP) is -4.11. The second-order valence-electron chi connectivity index (χ2n) is 7.07. The summed E-state index contributed by atoms with van der Waals surface area (Å²) in [6, 6.07) is -1.42. The highest BCUT2D eigenvalue weighted by atomic mass is 32.2. The Morgan fingerprint density at radius 2 is 2.06 bits per heavy atom. The van der Waals surface area contributed by atoms with Crippen LogP contribution in [0.4, 0.5) is 5.95 Å². The monoisotopic (exact) mass is 491 g/mol. The smallest absolute Gasteiger partial charge is 0.362 e. The summed E-state index contributed by atoms with van der Waals surface area (Å²) in [7, 11) is -4.70. The number of nitrogen functional groups attached to an aromatic ring is 1. The van der Waals surface area contributed by atoms with E-state index in [4.69, 9.17) is 21.3 Å². The second kappa shape index (κ2) is 9.37. The molecule has 0 unspecified atom stereocenters. The molecule has 1 saturated heterocycles. The molecule has 3 rings (SSSR count). The summed E-state index contributed by atoms with van der Waals surface area (Å²) in [5, 5.41) is 29.2. The highest BCUT2D eigenvalue weighted by Gasteiger charge is 2.45. The molecule has 9 N–H and O–H groups in total. The Bertz CT molecular complexity index is 1210. The van der Waals surface area contributed by atoms with Crippen molar-refractivity contribution in [1.82, 2.24) is 24.2 Å². The van der Waals surface area contributed by atoms with E-state index in [-0.39, 0.29) is 23.5 Å². The average molecular weight is 491 g/mol. The van der Waals surface area contributed by atoms with E-state index in [1.807, 2.05) is 0 Å². The van der Waals surface area contributed by atoms with Gasteiger partial charge in [-0.1, -0.05) is 0 Å². The topological polar surface area (TPSA) is 275 Å². The van der Waals surface area contributed by atoms with Gasteiger partial charge in [0, 0.05) is 6.42 Å². The largest absolute Gasteiger partial charge is 0.481 e. The SMILES string of the molecule is Nc1nc2c(ncn2[C@@H]2O[C@H](COS(=O)(=O)NC(=O)[C@@H](N)CCC(=O)O)[C@@H](O)[C@H]2O)c(=O)[nH]1. The Morgan fingerprint density at radius 1 is 1.36 bits per heavy atom. The number of aromatic nitrogens is 4. The number of fused-ring (bicyclic) bond motifs is 1. The summed E-state index contributed by atoms with van der Waals surface area (Å²) in [5.41, 5.74) is 10.1. The first kappa shape index (κ1) is 24.5. The maximum atomic E-state index is 12.0. The summed E-state index contributed by atoms with van der Waals surface area (Å²) >= 11 is 0. The Morgan fingerprint density at radius 3 is 2.73 bits per heavy atom. The number of aliphatic hydroxyl groups is 2. The van der Waals surface area contributed by atoms with Crippen LogP contribution in [-0.4, -0.2) is 86.1 Å². The zero-order valence-corrected chi connectivity index (χ0v) is 17.5. The third-order valence-corrected chi connectivity index (χ3v) is 5.58. The van der Waals surface area contributed by atoms with Gasteiger partial charge in [-0.2, -0.15) is 13.4 Å². The van der Waals surface area contributed by atoms with Crippen LogP contribution in [0.3, 0.4) is 0 Å². The van der Waals surface area contributed by atoms with E-state index >= 15 is 0 Å². The number of carboxylic acid groups (broad SMARTS) is 1. The maximum absolute atomic E-state index is 12.0. The van der Waals surface area contributed by atoms with Crippen LogP contribution in [0.1, 0.15) is 19.1 Å². The Hall–Kier alpha value is -3.16. The standard InChI is InChI=1S/C15H21N7O10S/c16-5(1-2-7(23)24)12(27)21-33(29,30)31-3-6-9(25)10(26)14(32-6)22-4-18-8-11(22)19-15(17)20-13(8)28/h4-6,9-10,14,25-26H,1-3,16H2,(H,21,27)(H,23,24)(H3,17,19,20,28)/t5-,6+,9+,10+,14+/m0/s1. The van der Waals surface area contributed by atoms with Crippen LogP contribution in [0.15, 0.2) is 11.1 Å². The molecule has 0 aliphatic carbocycles. The molecule has 17 nitrogen and oxygen atoms in total. The molecular formula is C15H21N7O10S. The number of nitrogens with two attached hydrogens (primary N) is 2. The van der Waals surface area contributed by atoms with Gasteiger partial charge < -0.3 is 31.5 Å². The van der Waals surface area contributed by atoms with Gasteiger partial charge in [0.2, 0.25) is 5.95 Å². The highest BCUT2D eigenvalue weighted by molar-refractivity contribution is 7.85. The van der Waals surface area contributed by atoms with Gasteiger partial charge in [-0.25, -0.2) is 9.71 Å². The van der Waals surface area contributed by atoms with Crippen molar-refractivity contribution in [3.63, 3.8) is 0 Å². The number of carbonyl (C=O) groups excluding carboxylic acids is 1. The molecule has 0 bridgehead atoms. The van der Waals surface area contributed by atoms with Gasteiger partial charge in [0.05, 0.1) is 19.0 Å². The Labute approximate surface area is 184 Å². The molecule has 5 atom stereocenters. The van der Waals surface area contributed by atoms with Crippen LogP contribution in [0, 0.1) is 0 Å². The molecule has 33 heavy (non-hydrogen) atoms. The van der Waals surface area contributed by atoms with E-state index in [9.17, 15) is 33.0 Å². The molecule has 182 valence electrons. The summed E-state index contributed by atoms with van der Waals surface area (Å²) in [6.45, 7) is -0.815. The quantitative estimate of drug-likeness (QED) is 0.175. The zero-order chi connectivity index (χ0) is 24.5. The number of hydrogen-bond donors (Lipinski definition) is 7. The van der Waals surface area contributed by atoms with E-state index in [0.29, 0.717) is 0 Å². The highest BCUT2D eigenvalue weighted by Crippen LogP contribution is 2.31. The third-order valence-electron chi connectivity index (χ3n) is 4.68. The number of anilines is 1. The number of carboxylic acids is 1. The summed E-state index contributed by atoms with van der Waals surface area (Å²) in [5.74, 6) is -2.64. The van der Waals surface area contributed by atoms with Gasteiger partial charge in [-0.3, -0.25) is 28.1 Å². The normalized spacial score (nSPS) is 24.1. The number of ether oxygens (including phenoxy) is 1. The van der Waals surface area contributed by atoms with Crippen molar-refractivity contribution in [2.75, 3.05) is 12.3 Å². The van der Waals surface area contributed by atoms with Crippen molar-refractivity contribution >= 4 is 39.3 Å². The number of H-pyrrole nitrogens is 1. The van der Waals surface area contributed by atoms with Crippen molar-refractivity contribution in [1.29, 1.82) is 0 Å². The van der Waals surface area contributed by atoms with E-state index in [1.54, 1.807) is 0 Å². The van der Waals surface area contributed by atoms with Crippen molar-refractivity contribution in [2.24, 2.45) is 5.73 Å². The average Bonchev–Trinajstić information content (AvgIpc) is 3.26. The van der Waals surface area contributed by atoms with Crippen molar-refractivity contribution in [3.05, 3.63) is 16.7 Å². The first-order valence-corrected chi connectivity index (χ1v) is 10.7. The van der Waals surface area contributed by atoms with Gasteiger partial charge in [0.1, 0.15) is 18.3 Å². The number of aliphatic hydroxyl groups excluding tert-OH is 2. The van der Waals surface area contributed by atoms with Crippen LogP contribution < -0.4 is 21.7 Å². The lowest BCUT2D eigenvalue weighted by molar-refractivity contribution is -0.137. The summed E-state index contributed by atoms with van der Waals surface area (Å²) in [4.78, 5) is 44.2. The molecule has 0 aromatic carbocycles. The van der Waals surface area contributed by atoms with Gasteiger partial charge in [0.15, 0.2) is 17.4 Å². The molecule has 3 heterocycles. The van der Waals surface area contributed by atoms with E-state index in [1.165, 1.54) is 4.72 Å². The zero-order valence-electron chi connectivity index (χ0n) is 16.7. The summed E-state index contributed by atoms with van der Waals surface area (Å²) < 4.78 is 36.7. The van der Waals surface area contributed by atoms with Crippen LogP contribution >= 0.6 is 0 Å². The maximum Gasteiger partial charge on any atom is 0.362 e. The number of hydrogen-bond acceptors (Lipinski definition) is 13. The molecule has 1 fully saturated rings. The molecule has 18 heteroatoms. The van der Waals surface area contributed by atoms with Gasteiger partial charge in [0.25, 0.3) is 11.5 Å². The minimum absolute atomic E-state index is 0.0516. The number of nitrogens with one attached hydrogen (secondary N) is 2. The van der Waals surface area contributed by atoms with Gasteiger partial charge >= 0.3 is 16.3 Å². The predicted molar refractivity (Wildman–Crippen MR) is 106 cm³/mol. The number of carbonyl (C=O) groups is 2. The molecule has 0 radical (unpaired) electrons. The molecule has 0 spiro atoms. The third kappa shape index (κ3) is 5.43. The van der Waals surface area contributed by atoms with Crippen LogP contribution in [0.25, 0.3) is 11.2 Å². The van der Waals surface area contributed by atoms with E-state index in [2.05, 4.69) is 19.1 Å². The van der Waals surface area contributed by atoms with Crippen LogP contribution in [0.2, 0.25) is 0 Å². The lowest BCUT2D eigenvalue weighted by Crippen LogP contribution is -2.45. The molecular weight excluding hydrogens is 470 g/mol. The second-order valence-corrected chi connectivity index (χ2v) is 8.41. The Balaban J connectivity index is 1.65. The molecule has 2 aromatic rings. The molecule has 1 aliphatic rings. The molecule has 2 aromatic heterocycles. The number of imidazole rings is 1. The number of amides is 1. The van der Waals surface area contributed by atoms with Crippen LogP contribution in [0.5, 0.6) is 0 Å². The number of aromatic amines is 1.